The number of hydrogen-bond donors (Lipinski definition) is 2. The molecule has 1 aromatic carbocycles. The summed E-state index contributed by atoms with van der Waals surface area (Å²) in [6.07, 6.45) is 4.35. The molecule has 0 spiro atoms. The first kappa shape index (κ1) is 12.8. The van der Waals surface area contributed by atoms with E-state index in [0.717, 1.165) is 25.3 Å². The molecule has 2 nitrogen and oxygen atoms in total. The van der Waals surface area contributed by atoms with Crippen molar-refractivity contribution in [3.05, 3.63) is 48.1 Å². The molecule has 88 valence electrons. The second-order valence-corrected chi connectivity index (χ2v) is 3.61. The summed E-state index contributed by atoms with van der Waals surface area (Å²) < 4.78 is 25.7. The Bertz CT molecular complexity index is 353. The Morgan fingerprint density at radius 2 is 2.12 bits per heavy atom. The molecule has 0 amide bonds. The monoisotopic (exact) mass is 226 g/mol. The SMILES string of the molecule is C=CCCCC(NN)c1ccc(F)c(F)c1. The zero-order valence-electron chi connectivity index (χ0n) is 9.05. The molecular weight excluding hydrogens is 210 g/mol. The number of hydrogen-bond acceptors (Lipinski definition) is 2. The van der Waals surface area contributed by atoms with Crippen molar-refractivity contribution in [1.29, 1.82) is 0 Å². The van der Waals surface area contributed by atoms with E-state index in [1.165, 1.54) is 12.1 Å². The van der Waals surface area contributed by atoms with Crippen LogP contribution in [0.3, 0.4) is 0 Å². The van der Waals surface area contributed by atoms with Crippen molar-refractivity contribution < 1.29 is 8.78 Å². The van der Waals surface area contributed by atoms with E-state index < -0.39 is 11.6 Å². The zero-order valence-corrected chi connectivity index (χ0v) is 9.05. The van der Waals surface area contributed by atoms with Crippen LogP contribution in [0.2, 0.25) is 0 Å². The number of allylic oxidation sites excluding steroid dienone is 1. The van der Waals surface area contributed by atoms with E-state index in [1.54, 1.807) is 0 Å². The van der Waals surface area contributed by atoms with Crippen LogP contribution in [-0.4, -0.2) is 0 Å². The van der Waals surface area contributed by atoms with Crippen molar-refractivity contribution in [1.82, 2.24) is 5.43 Å². The lowest BCUT2D eigenvalue weighted by atomic mass is 10.0. The third kappa shape index (κ3) is 3.40. The smallest absolute Gasteiger partial charge is 0.159 e. The van der Waals surface area contributed by atoms with E-state index in [0.29, 0.717) is 5.56 Å². The van der Waals surface area contributed by atoms with Crippen molar-refractivity contribution in [2.24, 2.45) is 5.84 Å². The first-order chi connectivity index (χ1) is 7.69. The van der Waals surface area contributed by atoms with Gasteiger partial charge in [-0.3, -0.25) is 11.3 Å². The lowest BCUT2D eigenvalue weighted by molar-refractivity contribution is 0.481. The van der Waals surface area contributed by atoms with Gasteiger partial charge in [0.2, 0.25) is 0 Å². The van der Waals surface area contributed by atoms with Crippen molar-refractivity contribution in [3.8, 4) is 0 Å². The van der Waals surface area contributed by atoms with E-state index in [4.69, 9.17) is 5.84 Å². The Labute approximate surface area is 94.1 Å². The standard InChI is InChI=1S/C12H16F2N2/c1-2-3-4-5-12(16-15)9-6-7-10(13)11(14)8-9/h2,6-8,12,16H,1,3-5,15H2. The number of unbranched alkanes of at least 4 members (excludes halogenated alkanes) is 1. The van der Waals surface area contributed by atoms with Gasteiger partial charge >= 0.3 is 0 Å². The number of nitrogens with one attached hydrogen (secondary N) is 1. The summed E-state index contributed by atoms with van der Waals surface area (Å²) in [5.74, 6) is 3.70. The van der Waals surface area contributed by atoms with E-state index in [-0.39, 0.29) is 6.04 Å². The minimum atomic E-state index is -0.846. The van der Waals surface area contributed by atoms with Gasteiger partial charge in [-0.2, -0.15) is 0 Å². The molecule has 0 fully saturated rings. The van der Waals surface area contributed by atoms with Crippen LogP contribution in [0.25, 0.3) is 0 Å². The van der Waals surface area contributed by atoms with Crippen molar-refractivity contribution in [2.75, 3.05) is 0 Å². The summed E-state index contributed by atoms with van der Waals surface area (Å²) in [6, 6.07) is 3.67. The molecule has 16 heavy (non-hydrogen) atoms. The van der Waals surface area contributed by atoms with Gasteiger partial charge < -0.3 is 0 Å². The molecule has 0 saturated heterocycles. The number of nitrogens with two attached hydrogens (primary N) is 1. The van der Waals surface area contributed by atoms with Crippen LogP contribution in [0.15, 0.2) is 30.9 Å². The third-order valence-corrected chi connectivity index (χ3v) is 2.45. The molecule has 1 aromatic rings. The number of hydrazine groups is 1. The highest BCUT2D eigenvalue weighted by Crippen LogP contribution is 2.20. The fourth-order valence-corrected chi connectivity index (χ4v) is 1.54. The summed E-state index contributed by atoms with van der Waals surface area (Å²) in [5.41, 5.74) is 3.26. The van der Waals surface area contributed by atoms with E-state index >= 15 is 0 Å². The maximum Gasteiger partial charge on any atom is 0.159 e. The van der Waals surface area contributed by atoms with Crippen LogP contribution >= 0.6 is 0 Å². The van der Waals surface area contributed by atoms with E-state index in [2.05, 4.69) is 12.0 Å². The van der Waals surface area contributed by atoms with Crippen molar-refractivity contribution >= 4 is 0 Å². The van der Waals surface area contributed by atoms with Crippen molar-refractivity contribution in [2.45, 2.75) is 25.3 Å². The first-order valence-corrected chi connectivity index (χ1v) is 5.21. The molecule has 0 heterocycles. The molecule has 1 unspecified atom stereocenters. The molecule has 1 rings (SSSR count). The predicted molar refractivity (Wildman–Crippen MR) is 60.5 cm³/mol. The highest BCUT2D eigenvalue weighted by atomic mass is 19.2. The summed E-state index contributed by atoms with van der Waals surface area (Å²) in [5, 5.41) is 0. The predicted octanol–water partition coefficient (Wildman–Crippen LogP) is 2.83. The fourth-order valence-electron chi connectivity index (χ4n) is 1.54. The van der Waals surface area contributed by atoms with Gasteiger partial charge in [0.25, 0.3) is 0 Å². The zero-order chi connectivity index (χ0) is 12.0. The molecule has 0 aliphatic rings. The van der Waals surface area contributed by atoms with Gasteiger partial charge in [-0.25, -0.2) is 8.78 Å². The lowest BCUT2D eigenvalue weighted by Gasteiger charge is -2.15. The van der Waals surface area contributed by atoms with E-state index in [9.17, 15) is 8.78 Å². The summed E-state index contributed by atoms with van der Waals surface area (Å²) in [4.78, 5) is 0. The van der Waals surface area contributed by atoms with Crippen LogP contribution in [-0.2, 0) is 0 Å². The summed E-state index contributed by atoms with van der Waals surface area (Å²) in [7, 11) is 0. The largest absolute Gasteiger partial charge is 0.271 e. The van der Waals surface area contributed by atoms with E-state index in [1.807, 2.05) is 6.08 Å². The third-order valence-electron chi connectivity index (χ3n) is 2.45. The molecular formula is C12H16F2N2. The molecule has 4 heteroatoms. The summed E-state index contributed by atoms with van der Waals surface area (Å²) >= 11 is 0. The van der Waals surface area contributed by atoms with Gasteiger partial charge in [-0.1, -0.05) is 12.1 Å². The molecule has 0 aromatic heterocycles. The summed E-state index contributed by atoms with van der Waals surface area (Å²) in [6.45, 7) is 3.62. The average molecular weight is 226 g/mol. The molecule has 0 aliphatic heterocycles. The average Bonchev–Trinajstić information content (AvgIpc) is 2.29. The second-order valence-electron chi connectivity index (χ2n) is 3.61. The minimum Gasteiger partial charge on any atom is -0.271 e. The Kier molecular flexibility index (Phi) is 5.08. The molecule has 3 N–H and O–H groups in total. The Morgan fingerprint density at radius 1 is 1.38 bits per heavy atom. The Balaban J connectivity index is 2.70. The molecule has 0 radical (unpaired) electrons. The fraction of sp³-hybridized carbons (Fsp3) is 0.333. The maximum atomic E-state index is 13.0. The minimum absolute atomic E-state index is 0.157. The van der Waals surface area contributed by atoms with Crippen LogP contribution in [0.1, 0.15) is 30.9 Å². The Hall–Kier alpha value is -1.26. The van der Waals surface area contributed by atoms with Gasteiger partial charge in [0.05, 0.1) is 0 Å². The highest BCUT2D eigenvalue weighted by molar-refractivity contribution is 5.21. The van der Waals surface area contributed by atoms with Gasteiger partial charge in [-0.15, -0.1) is 6.58 Å². The van der Waals surface area contributed by atoms with Gasteiger partial charge in [0, 0.05) is 6.04 Å². The molecule has 0 bridgehead atoms. The second kappa shape index (κ2) is 6.35. The number of benzene rings is 1. The molecule has 0 aliphatic carbocycles. The van der Waals surface area contributed by atoms with Crippen LogP contribution < -0.4 is 11.3 Å². The van der Waals surface area contributed by atoms with Crippen LogP contribution in [0.4, 0.5) is 8.78 Å². The van der Waals surface area contributed by atoms with Gasteiger partial charge in [0.1, 0.15) is 0 Å². The van der Waals surface area contributed by atoms with Crippen LogP contribution in [0, 0.1) is 11.6 Å². The lowest BCUT2D eigenvalue weighted by Crippen LogP contribution is -2.28. The molecule has 0 saturated carbocycles. The highest BCUT2D eigenvalue weighted by Gasteiger charge is 2.11. The number of rotatable bonds is 6. The maximum absolute atomic E-state index is 13.0. The normalized spacial score (nSPS) is 12.4. The van der Waals surface area contributed by atoms with Crippen molar-refractivity contribution in [3.63, 3.8) is 0 Å². The molecule has 1 atom stereocenters. The quantitative estimate of drug-likeness (QED) is 0.339. The van der Waals surface area contributed by atoms with Gasteiger partial charge in [0.15, 0.2) is 11.6 Å². The number of halogens is 2. The first-order valence-electron chi connectivity index (χ1n) is 5.21. The van der Waals surface area contributed by atoms with Gasteiger partial charge in [-0.05, 0) is 37.0 Å². The van der Waals surface area contributed by atoms with Crippen LogP contribution in [0.5, 0.6) is 0 Å². The topological polar surface area (TPSA) is 38.0 Å². The Morgan fingerprint density at radius 3 is 2.69 bits per heavy atom.